The molecule has 0 aliphatic carbocycles. The summed E-state index contributed by atoms with van der Waals surface area (Å²) in [7, 11) is 0. The number of hydrogen-bond donors (Lipinski definition) is 3. The van der Waals surface area contributed by atoms with Gasteiger partial charge in [0.1, 0.15) is 5.82 Å². The maximum atomic E-state index is 12.8. The van der Waals surface area contributed by atoms with E-state index in [0.29, 0.717) is 16.8 Å². The molecule has 0 saturated heterocycles. The van der Waals surface area contributed by atoms with E-state index in [9.17, 15) is 19.1 Å². The summed E-state index contributed by atoms with van der Waals surface area (Å²) >= 11 is 0. The van der Waals surface area contributed by atoms with E-state index in [1.807, 2.05) is 0 Å². The third kappa shape index (κ3) is 4.89. The van der Waals surface area contributed by atoms with Crippen molar-refractivity contribution in [3.63, 3.8) is 0 Å². The van der Waals surface area contributed by atoms with Crippen LogP contribution < -0.4 is 10.6 Å². The van der Waals surface area contributed by atoms with Crippen LogP contribution in [0.25, 0.3) is 0 Å². The van der Waals surface area contributed by atoms with Crippen molar-refractivity contribution < 1.29 is 19.1 Å². The predicted octanol–water partition coefficient (Wildman–Crippen LogP) is 2.25. The highest BCUT2D eigenvalue weighted by Gasteiger charge is 2.11. The summed E-state index contributed by atoms with van der Waals surface area (Å²) in [6.07, 6.45) is -0.918. The molecule has 0 aromatic heterocycles. The highest BCUT2D eigenvalue weighted by Crippen LogP contribution is 2.13. The maximum absolute atomic E-state index is 12.8. The van der Waals surface area contributed by atoms with Crippen LogP contribution in [0.1, 0.15) is 28.9 Å². The molecule has 0 aliphatic rings. The lowest BCUT2D eigenvalue weighted by Crippen LogP contribution is -2.28. The van der Waals surface area contributed by atoms with Crippen LogP contribution in [0.4, 0.5) is 10.1 Å². The number of hydrogen-bond acceptors (Lipinski definition) is 3. The van der Waals surface area contributed by atoms with Crippen LogP contribution in [-0.2, 0) is 4.79 Å². The molecule has 0 aliphatic heterocycles. The Balaban J connectivity index is 1.91. The minimum absolute atomic E-state index is 0.0118. The van der Waals surface area contributed by atoms with E-state index in [1.54, 1.807) is 24.3 Å². The molecule has 6 heteroatoms. The van der Waals surface area contributed by atoms with E-state index < -0.39 is 6.10 Å². The van der Waals surface area contributed by atoms with Gasteiger partial charge in [0.05, 0.1) is 6.10 Å². The van der Waals surface area contributed by atoms with E-state index in [-0.39, 0.29) is 24.2 Å². The molecule has 0 heterocycles. The van der Waals surface area contributed by atoms with Crippen molar-refractivity contribution in [3.05, 3.63) is 65.5 Å². The molecular formula is C17H17FN2O3. The van der Waals surface area contributed by atoms with Crippen LogP contribution in [-0.4, -0.2) is 23.5 Å². The van der Waals surface area contributed by atoms with Crippen molar-refractivity contribution >= 4 is 17.5 Å². The molecule has 2 aromatic carbocycles. The van der Waals surface area contributed by atoms with Gasteiger partial charge < -0.3 is 15.7 Å². The molecule has 2 amide bonds. The van der Waals surface area contributed by atoms with E-state index in [2.05, 4.69) is 10.6 Å². The molecule has 1 atom stereocenters. The third-order valence-corrected chi connectivity index (χ3v) is 3.18. The molecule has 0 fully saturated rings. The van der Waals surface area contributed by atoms with Crippen LogP contribution in [0.2, 0.25) is 0 Å². The first-order valence-electron chi connectivity index (χ1n) is 7.05. The van der Waals surface area contributed by atoms with Gasteiger partial charge in [0.25, 0.3) is 5.91 Å². The number of carbonyl (C=O) groups is 2. The quantitative estimate of drug-likeness (QED) is 0.791. The summed E-state index contributed by atoms with van der Waals surface area (Å²) in [6, 6.07) is 11.8. The lowest BCUT2D eigenvalue weighted by Gasteiger charge is -2.12. The smallest absolute Gasteiger partial charge is 0.251 e. The summed E-state index contributed by atoms with van der Waals surface area (Å²) in [6.45, 7) is 1.41. The third-order valence-electron chi connectivity index (χ3n) is 3.18. The monoisotopic (exact) mass is 316 g/mol. The van der Waals surface area contributed by atoms with Crippen molar-refractivity contribution in [2.24, 2.45) is 0 Å². The maximum Gasteiger partial charge on any atom is 0.251 e. The number of carbonyl (C=O) groups excluding carboxylic acids is 2. The summed E-state index contributed by atoms with van der Waals surface area (Å²) in [5.74, 6) is -0.922. The molecule has 0 bridgehead atoms. The predicted molar refractivity (Wildman–Crippen MR) is 84.4 cm³/mol. The summed E-state index contributed by atoms with van der Waals surface area (Å²) in [5, 5.41) is 15.2. The number of anilines is 1. The zero-order valence-electron chi connectivity index (χ0n) is 12.5. The lowest BCUT2D eigenvalue weighted by atomic mass is 10.1. The summed E-state index contributed by atoms with van der Waals surface area (Å²) in [4.78, 5) is 22.9. The van der Waals surface area contributed by atoms with Crippen LogP contribution in [0, 0.1) is 5.82 Å². The Morgan fingerprint density at radius 2 is 1.70 bits per heavy atom. The summed E-state index contributed by atoms with van der Waals surface area (Å²) < 4.78 is 12.8. The second kappa shape index (κ2) is 7.51. The second-order valence-electron chi connectivity index (χ2n) is 5.04. The van der Waals surface area contributed by atoms with E-state index >= 15 is 0 Å². The van der Waals surface area contributed by atoms with Gasteiger partial charge in [0.15, 0.2) is 0 Å². The number of halogens is 1. The Morgan fingerprint density at radius 3 is 2.26 bits per heavy atom. The number of aliphatic hydroxyl groups excluding tert-OH is 1. The molecule has 2 aromatic rings. The van der Waals surface area contributed by atoms with Crippen molar-refractivity contribution in [1.82, 2.24) is 5.32 Å². The van der Waals surface area contributed by atoms with Gasteiger partial charge in [-0.1, -0.05) is 12.1 Å². The van der Waals surface area contributed by atoms with Crippen LogP contribution >= 0.6 is 0 Å². The van der Waals surface area contributed by atoms with Gasteiger partial charge >= 0.3 is 0 Å². The minimum atomic E-state index is -0.918. The number of aliphatic hydroxyl groups is 1. The first kappa shape index (κ1) is 16.6. The molecule has 0 saturated carbocycles. The molecule has 0 radical (unpaired) electrons. The fourth-order valence-electron chi connectivity index (χ4n) is 2.00. The van der Waals surface area contributed by atoms with Gasteiger partial charge in [0, 0.05) is 24.7 Å². The van der Waals surface area contributed by atoms with Crippen molar-refractivity contribution in [2.75, 3.05) is 11.9 Å². The lowest BCUT2D eigenvalue weighted by molar-refractivity contribution is -0.114. The highest BCUT2D eigenvalue weighted by molar-refractivity contribution is 5.95. The number of rotatable bonds is 5. The molecule has 120 valence electrons. The SMILES string of the molecule is CC(=O)Nc1ccc(C(=O)NCC(O)c2ccc(F)cc2)cc1. The topological polar surface area (TPSA) is 78.4 Å². The normalized spacial score (nSPS) is 11.6. The van der Waals surface area contributed by atoms with Crippen LogP contribution in [0.5, 0.6) is 0 Å². The molecule has 0 spiro atoms. The largest absolute Gasteiger partial charge is 0.387 e. The average molecular weight is 316 g/mol. The molecule has 23 heavy (non-hydrogen) atoms. The van der Waals surface area contributed by atoms with Gasteiger partial charge in [-0.05, 0) is 42.0 Å². The molecule has 2 rings (SSSR count). The molecule has 3 N–H and O–H groups in total. The minimum Gasteiger partial charge on any atom is -0.387 e. The highest BCUT2D eigenvalue weighted by atomic mass is 19.1. The molecule has 5 nitrogen and oxygen atoms in total. The molecule has 1 unspecified atom stereocenters. The Bertz CT molecular complexity index is 684. The zero-order chi connectivity index (χ0) is 16.8. The first-order valence-corrected chi connectivity index (χ1v) is 7.05. The Hall–Kier alpha value is -2.73. The van der Waals surface area contributed by atoms with Gasteiger partial charge in [-0.25, -0.2) is 4.39 Å². The van der Waals surface area contributed by atoms with Crippen LogP contribution in [0.3, 0.4) is 0 Å². The fraction of sp³-hybridized carbons (Fsp3) is 0.176. The number of amides is 2. The van der Waals surface area contributed by atoms with Crippen molar-refractivity contribution in [2.45, 2.75) is 13.0 Å². The number of nitrogens with one attached hydrogen (secondary N) is 2. The second-order valence-corrected chi connectivity index (χ2v) is 5.04. The zero-order valence-corrected chi connectivity index (χ0v) is 12.5. The van der Waals surface area contributed by atoms with Crippen molar-refractivity contribution in [1.29, 1.82) is 0 Å². The van der Waals surface area contributed by atoms with Crippen molar-refractivity contribution in [3.8, 4) is 0 Å². The first-order chi connectivity index (χ1) is 11.0. The van der Waals surface area contributed by atoms with E-state index in [4.69, 9.17) is 0 Å². The van der Waals surface area contributed by atoms with E-state index in [1.165, 1.54) is 31.2 Å². The van der Waals surface area contributed by atoms with Gasteiger partial charge in [0.2, 0.25) is 5.91 Å². The van der Waals surface area contributed by atoms with Crippen LogP contribution in [0.15, 0.2) is 48.5 Å². The molecular weight excluding hydrogens is 299 g/mol. The Labute approximate surface area is 133 Å². The van der Waals surface area contributed by atoms with Gasteiger partial charge in [-0.15, -0.1) is 0 Å². The average Bonchev–Trinajstić information content (AvgIpc) is 2.53. The fourth-order valence-corrected chi connectivity index (χ4v) is 2.00. The number of benzene rings is 2. The Kier molecular flexibility index (Phi) is 5.43. The van der Waals surface area contributed by atoms with Gasteiger partial charge in [-0.3, -0.25) is 9.59 Å². The van der Waals surface area contributed by atoms with E-state index in [0.717, 1.165) is 0 Å². The van der Waals surface area contributed by atoms with Gasteiger partial charge in [-0.2, -0.15) is 0 Å². The summed E-state index contributed by atoms with van der Waals surface area (Å²) in [5.41, 5.74) is 1.53. The standard InChI is InChI=1S/C17H17FN2O3/c1-11(21)20-15-8-4-13(5-9-15)17(23)19-10-16(22)12-2-6-14(18)7-3-12/h2-9,16,22H,10H2,1H3,(H,19,23)(H,20,21). The Morgan fingerprint density at radius 1 is 1.09 bits per heavy atom.